The maximum Gasteiger partial charge on any atom is 0.0175 e. The molecule has 68 valence electrons. The van der Waals surface area contributed by atoms with Crippen molar-refractivity contribution in [1.29, 1.82) is 0 Å². The van der Waals surface area contributed by atoms with Crippen molar-refractivity contribution in [2.75, 3.05) is 13.1 Å². The zero-order valence-electron chi connectivity index (χ0n) is 7.39. The van der Waals surface area contributed by atoms with Crippen molar-refractivity contribution in [1.82, 2.24) is 5.32 Å². The van der Waals surface area contributed by atoms with Gasteiger partial charge in [0.1, 0.15) is 0 Å². The first kappa shape index (κ1) is 8.01. The summed E-state index contributed by atoms with van der Waals surface area (Å²) in [7, 11) is 0. The number of hydrogen-bond donors (Lipinski definition) is 1. The molecule has 0 unspecified atom stereocenters. The van der Waals surface area contributed by atoms with Gasteiger partial charge < -0.3 is 5.32 Å². The maximum absolute atomic E-state index is 3.47. The molecule has 0 bridgehead atoms. The van der Waals surface area contributed by atoms with Crippen LogP contribution in [0, 0.1) is 5.92 Å². The van der Waals surface area contributed by atoms with Gasteiger partial charge in [-0.05, 0) is 36.6 Å². The highest BCUT2D eigenvalue weighted by Crippen LogP contribution is 2.56. The maximum atomic E-state index is 3.47. The first-order chi connectivity index (χ1) is 6.31. The quantitative estimate of drug-likeness (QED) is 0.791. The largest absolute Gasteiger partial charge is 0.316 e. The Labute approximate surface area is 86.7 Å². The van der Waals surface area contributed by atoms with Crippen molar-refractivity contribution in [3.8, 4) is 0 Å². The zero-order chi connectivity index (χ0) is 8.89. The molecular weight excluding hydrogens is 226 g/mol. The number of piperidine rings is 1. The van der Waals surface area contributed by atoms with Crippen molar-refractivity contribution >= 4 is 15.9 Å². The van der Waals surface area contributed by atoms with Crippen LogP contribution in [0.1, 0.15) is 12.0 Å². The number of hydrogen-bond acceptors (Lipinski definition) is 1. The van der Waals surface area contributed by atoms with Crippen LogP contribution in [-0.2, 0) is 5.41 Å². The third kappa shape index (κ3) is 1.09. The highest BCUT2D eigenvalue weighted by Gasteiger charge is 2.57. The number of fused-ring (bicyclic) bond motifs is 1. The van der Waals surface area contributed by atoms with Crippen molar-refractivity contribution < 1.29 is 0 Å². The van der Waals surface area contributed by atoms with Crippen molar-refractivity contribution in [2.24, 2.45) is 5.92 Å². The van der Waals surface area contributed by atoms with Crippen LogP contribution in [-0.4, -0.2) is 13.1 Å². The van der Waals surface area contributed by atoms with E-state index in [0.29, 0.717) is 5.41 Å². The SMILES string of the molecule is Brc1ccc([C@]23CNC[C@@H]2C3)cc1. The Kier molecular flexibility index (Phi) is 1.59. The Morgan fingerprint density at radius 2 is 2.08 bits per heavy atom. The van der Waals surface area contributed by atoms with Gasteiger partial charge in [0.05, 0.1) is 0 Å². The molecule has 0 spiro atoms. The summed E-state index contributed by atoms with van der Waals surface area (Å²) in [6, 6.07) is 8.82. The molecule has 2 heteroatoms. The third-order valence-corrected chi connectivity index (χ3v) is 4.01. The Bertz CT molecular complexity index is 332. The molecule has 1 heterocycles. The summed E-state index contributed by atoms with van der Waals surface area (Å²) in [4.78, 5) is 0. The Morgan fingerprint density at radius 1 is 1.31 bits per heavy atom. The van der Waals surface area contributed by atoms with E-state index in [-0.39, 0.29) is 0 Å². The molecule has 2 aliphatic rings. The Hall–Kier alpha value is -0.340. The lowest BCUT2D eigenvalue weighted by Crippen LogP contribution is -2.18. The zero-order valence-corrected chi connectivity index (χ0v) is 8.97. The van der Waals surface area contributed by atoms with Crippen molar-refractivity contribution in [2.45, 2.75) is 11.8 Å². The van der Waals surface area contributed by atoms with Crippen LogP contribution in [0.25, 0.3) is 0 Å². The van der Waals surface area contributed by atoms with Gasteiger partial charge in [-0.3, -0.25) is 0 Å². The van der Waals surface area contributed by atoms with Gasteiger partial charge in [0, 0.05) is 16.4 Å². The summed E-state index contributed by atoms with van der Waals surface area (Å²) >= 11 is 3.47. The summed E-state index contributed by atoms with van der Waals surface area (Å²) < 4.78 is 1.18. The fourth-order valence-electron chi connectivity index (χ4n) is 2.57. The minimum Gasteiger partial charge on any atom is -0.316 e. The summed E-state index contributed by atoms with van der Waals surface area (Å²) in [6.45, 7) is 2.40. The van der Waals surface area contributed by atoms with Crippen LogP contribution in [0.2, 0.25) is 0 Å². The molecule has 0 amide bonds. The van der Waals surface area contributed by atoms with E-state index in [0.717, 1.165) is 5.92 Å². The van der Waals surface area contributed by atoms with Crippen LogP contribution in [0.4, 0.5) is 0 Å². The molecule has 1 saturated carbocycles. The molecular formula is C11H12BrN. The smallest absolute Gasteiger partial charge is 0.0175 e. The van der Waals surface area contributed by atoms with Gasteiger partial charge in [-0.15, -0.1) is 0 Å². The standard InChI is InChI=1S/C11H12BrN/c12-10-3-1-8(2-4-10)11-5-9(11)6-13-7-11/h1-4,9,13H,5-7H2/t9-,11-/m0/s1. The van der Waals surface area contributed by atoms with Crippen LogP contribution >= 0.6 is 15.9 Å². The molecule has 3 rings (SSSR count). The van der Waals surface area contributed by atoms with Crippen LogP contribution in [0.5, 0.6) is 0 Å². The monoisotopic (exact) mass is 237 g/mol. The summed E-state index contributed by atoms with van der Waals surface area (Å²) in [5.41, 5.74) is 2.03. The van der Waals surface area contributed by atoms with E-state index < -0.39 is 0 Å². The lowest BCUT2D eigenvalue weighted by molar-refractivity contribution is 0.675. The first-order valence-corrected chi connectivity index (χ1v) is 5.57. The van der Waals surface area contributed by atoms with Gasteiger partial charge in [0.25, 0.3) is 0 Å². The second-order valence-electron chi connectivity index (χ2n) is 4.19. The Balaban J connectivity index is 1.97. The summed E-state index contributed by atoms with van der Waals surface area (Å²) in [6.07, 6.45) is 1.39. The van der Waals surface area contributed by atoms with Gasteiger partial charge in [0.15, 0.2) is 0 Å². The van der Waals surface area contributed by atoms with Gasteiger partial charge in [-0.2, -0.15) is 0 Å². The minimum atomic E-state index is 0.515. The van der Waals surface area contributed by atoms with E-state index in [1.54, 1.807) is 0 Å². The normalized spacial score (nSPS) is 35.9. The van der Waals surface area contributed by atoms with Crippen LogP contribution in [0.3, 0.4) is 0 Å². The van der Waals surface area contributed by atoms with E-state index in [9.17, 15) is 0 Å². The van der Waals surface area contributed by atoms with Crippen LogP contribution in [0.15, 0.2) is 28.7 Å². The Morgan fingerprint density at radius 3 is 2.62 bits per heavy atom. The molecule has 2 fully saturated rings. The highest BCUT2D eigenvalue weighted by atomic mass is 79.9. The van der Waals surface area contributed by atoms with Gasteiger partial charge in [-0.1, -0.05) is 28.1 Å². The van der Waals surface area contributed by atoms with Crippen molar-refractivity contribution in [3.63, 3.8) is 0 Å². The lowest BCUT2D eigenvalue weighted by atomic mass is 9.95. The third-order valence-electron chi connectivity index (χ3n) is 3.48. The fraction of sp³-hybridized carbons (Fsp3) is 0.455. The molecule has 1 saturated heterocycles. The number of benzene rings is 1. The molecule has 0 radical (unpaired) electrons. The van der Waals surface area contributed by atoms with E-state index >= 15 is 0 Å². The van der Waals surface area contributed by atoms with Crippen LogP contribution < -0.4 is 5.32 Å². The molecule has 0 aromatic heterocycles. The average molecular weight is 238 g/mol. The van der Waals surface area contributed by atoms with Gasteiger partial charge in [-0.25, -0.2) is 0 Å². The molecule has 13 heavy (non-hydrogen) atoms. The predicted octanol–water partition coefficient (Wildman–Crippen LogP) is 2.31. The number of rotatable bonds is 1. The van der Waals surface area contributed by atoms with E-state index in [4.69, 9.17) is 0 Å². The topological polar surface area (TPSA) is 12.0 Å². The molecule has 1 aromatic rings. The van der Waals surface area contributed by atoms with E-state index in [1.165, 1.54) is 29.5 Å². The molecule has 1 nitrogen and oxygen atoms in total. The summed E-state index contributed by atoms with van der Waals surface area (Å²) in [5.74, 6) is 0.911. The molecule has 1 aromatic carbocycles. The second kappa shape index (κ2) is 2.58. The average Bonchev–Trinajstić information content (AvgIpc) is 2.71. The molecule has 2 atom stereocenters. The molecule has 1 aliphatic carbocycles. The minimum absolute atomic E-state index is 0.515. The van der Waals surface area contributed by atoms with Gasteiger partial charge >= 0.3 is 0 Å². The molecule has 1 N–H and O–H groups in total. The van der Waals surface area contributed by atoms with Gasteiger partial charge in [0.2, 0.25) is 0 Å². The lowest BCUT2D eigenvalue weighted by Gasteiger charge is -2.11. The highest BCUT2D eigenvalue weighted by molar-refractivity contribution is 9.10. The number of halogens is 1. The molecule has 1 aliphatic heterocycles. The van der Waals surface area contributed by atoms with E-state index in [2.05, 4.69) is 45.5 Å². The van der Waals surface area contributed by atoms with E-state index in [1.807, 2.05) is 0 Å². The summed E-state index contributed by atoms with van der Waals surface area (Å²) in [5, 5.41) is 3.46. The first-order valence-electron chi connectivity index (χ1n) is 4.78. The predicted molar refractivity (Wildman–Crippen MR) is 56.8 cm³/mol. The number of nitrogens with one attached hydrogen (secondary N) is 1. The fourth-order valence-corrected chi connectivity index (χ4v) is 2.84. The second-order valence-corrected chi connectivity index (χ2v) is 5.11. The van der Waals surface area contributed by atoms with Crippen molar-refractivity contribution in [3.05, 3.63) is 34.3 Å².